The summed E-state index contributed by atoms with van der Waals surface area (Å²) in [5, 5.41) is 0. The van der Waals surface area contributed by atoms with Gasteiger partial charge in [0.05, 0.1) is 7.11 Å². The van der Waals surface area contributed by atoms with Gasteiger partial charge in [0.15, 0.2) is 6.61 Å². The van der Waals surface area contributed by atoms with Crippen LogP contribution in [-0.4, -0.2) is 31.6 Å². The maximum Gasteiger partial charge on any atom is 0.342 e. The Bertz CT molecular complexity index is 771. The number of nitrogens with zero attached hydrogens (tertiary/aromatic N) is 1. The first-order chi connectivity index (χ1) is 11.6. The number of benzene rings is 2. The lowest BCUT2D eigenvalue weighted by atomic mass is 10.1. The first kappa shape index (κ1) is 16.1. The van der Waals surface area contributed by atoms with E-state index in [-0.39, 0.29) is 18.6 Å². The Balaban J connectivity index is 1.69. The lowest BCUT2D eigenvalue weighted by Crippen LogP contribution is -2.38. The number of para-hydroxylation sites is 2. The molecule has 1 atom stereocenters. The van der Waals surface area contributed by atoms with E-state index >= 15 is 0 Å². The van der Waals surface area contributed by atoms with E-state index in [9.17, 15) is 9.59 Å². The molecule has 1 amide bonds. The Morgan fingerprint density at radius 3 is 2.62 bits per heavy atom. The minimum absolute atomic E-state index is 0.0554. The van der Waals surface area contributed by atoms with Crippen molar-refractivity contribution in [2.45, 2.75) is 19.4 Å². The van der Waals surface area contributed by atoms with Gasteiger partial charge in [0.25, 0.3) is 5.91 Å². The summed E-state index contributed by atoms with van der Waals surface area (Å²) < 4.78 is 10.3. The number of anilines is 1. The number of methoxy groups -OCH3 is 1. The number of hydrogen-bond acceptors (Lipinski definition) is 4. The summed E-state index contributed by atoms with van der Waals surface area (Å²) in [6, 6.07) is 14.6. The van der Waals surface area contributed by atoms with E-state index in [0.29, 0.717) is 11.3 Å². The quantitative estimate of drug-likeness (QED) is 0.811. The number of amides is 1. The first-order valence-electron chi connectivity index (χ1n) is 7.82. The highest BCUT2D eigenvalue weighted by Crippen LogP contribution is 2.31. The predicted molar refractivity (Wildman–Crippen MR) is 90.4 cm³/mol. The molecule has 2 aromatic carbocycles. The van der Waals surface area contributed by atoms with Crippen LogP contribution in [0, 0.1) is 0 Å². The molecule has 0 spiro atoms. The normalized spacial score (nSPS) is 15.8. The van der Waals surface area contributed by atoms with Crippen LogP contribution in [0.4, 0.5) is 5.69 Å². The second kappa shape index (κ2) is 6.74. The fourth-order valence-corrected chi connectivity index (χ4v) is 3.03. The van der Waals surface area contributed by atoms with E-state index in [1.807, 2.05) is 31.2 Å². The molecule has 0 saturated heterocycles. The highest BCUT2D eigenvalue weighted by Gasteiger charge is 2.31. The molecular weight excluding hydrogens is 306 g/mol. The van der Waals surface area contributed by atoms with Crippen LogP contribution in [0.25, 0.3) is 0 Å². The van der Waals surface area contributed by atoms with Gasteiger partial charge in [0.1, 0.15) is 11.3 Å². The maximum atomic E-state index is 12.5. The summed E-state index contributed by atoms with van der Waals surface area (Å²) in [4.78, 5) is 26.4. The molecule has 0 saturated carbocycles. The number of rotatable bonds is 4. The van der Waals surface area contributed by atoms with E-state index in [1.165, 1.54) is 7.11 Å². The van der Waals surface area contributed by atoms with Gasteiger partial charge < -0.3 is 14.4 Å². The SMILES string of the molecule is COc1ccccc1C(=O)OCC(=O)N1c2ccccc2C[C@@H]1C. The molecule has 0 N–H and O–H groups in total. The van der Waals surface area contributed by atoms with Crippen LogP contribution < -0.4 is 9.64 Å². The molecule has 0 unspecified atom stereocenters. The smallest absolute Gasteiger partial charge is 0.342 e. The lowest BCUT2D eigenvalue weighted by molar-refractivity contribution is -0.122. The zero-order valence-electron chi connectivity index (χ0n) is 13.7. The fraction of sp³-hybridized carbons (Fsp3) is 0.263. The molecule has 24 heavy (non-hydrogen) atoms. The third-order valence-corrected chi connectivity index (χ3v) is 4.13. The molecule has 0 bridgehead atoms. The van der Waals surface area contributed by atoms with Crippen molar-refractivity contribution >= 4 is 17.6 Å². The third kappa shape index (κ3) is 2.97. The van der Waals surface area contributed by atoms with Crippen LogP contribution in [0.15, 0.2) is 48.5 Å². The summed E-state index contributed by atoms with van der Waals surface area (Å²) in [5.41, 5.74) is 2.33. The molecule has 0 aliphatic carbocycles. The minimum atomic E-state index is -0.569. The van der Waals surface area contributed by atoms with E-state index in [0.717, 1.165) is 17.7 Å². The van der Waals surface area contributed by atoms with E-state index in [1.54, 1.807) is 29.2 Å². The third-order valence-electron chi connectivity index (χ3n) is 4.13. The van der Waals surface area contributed by atoms with Crippen LogP contribution in [-0.2, 0) is 16.0 Å². The molecule has 124 valence electrons. The predicted octanol–water partition coefficient (Wildman–Crippen LogP) is 2.83. The fourth-order valence-electron chi connectivity index (χ4n) is 3.03. The molecule has 0 fully saturated rings. The zero-order valence-corrected chi connectivity index (χ0v) is 13.7. The molecule has 5 nitrogen and oxygen atoms in total. The summed E-state index contributed by atoms with van der Waals surface area (Å²) in [6.45, 7) is 1.69. The van der Waals surface area contributed by atoms with Gasteiger partial charge in [-0.2, -0.15) is 0 Å². The molecule has 2 aromatic rings. The van der Waals surface area contributed by atoms with Gasteiger partial charge in [-0.15, -0.1) is 0 Å². The Morgan fingerprint density at radius 2 is 1.83 bits per heavy atom. The van der Waals surface area contributed by atoms with Gasteiger partial charge in [-0.1, -0.05) is 30.3 Å². The average molecular weight is 325 g/mol. The molecule has 3 rings (SSSR count). The van der Waals surface area contributed by atoms with Crippen molar-refractivity contribution in [2.75, 3.05) is 18.6 Å². The van der Waals surface area contributed by atoms with E-state index in [2.05, 4.69) is 0 Å². The van der Waals surface area contributed by atoms with Gasteiger partial charge in [-0.05, 0) is 37.1 Å². The van der Waals surface area contributed by atoms with Crippen molar-refractivity contribution in [1.29, 1.82) is 0 Å². The molecule has 1 aliphatic rings. The van der Waals surface area contributed by atoms with E-state index in [4.69, 9.17) is 9.47 Å². The number of ether oxygens (including phenoxy) is 2. The summed E-state index contributed by atoms with van der Waals surface area (Å²) in [5.74, 6) is -0.369. The Morgan fingerprint density at radius 1 is 1.12 bits per heavy atom. The largest absolute Gasteiger partial charge is 0.496 e. The zero-order chi connectivity index (χ0) is 17.1. The van der Waals surface area contributed by atoms with Crippen LogP contribution in [0.1, 0.15) is 22.8 Å². The second-order valence-electron chi connectivity index (χ2n) is 5.72. The monoisotopic (exact) mass is 325 g/mol. The van der Waals surface area contributed by atoms with Crippen LogP contribution in [0.5, 0.6) is 5.75 Å². The number of hydrogen-bond donors (Lipinski definition) is 0. The molecule has 0 radical (unpaired) electrons. The van der Waals surface area contributed by atoms with Gasteiger partial charge in [-0.25, -0.2) is 4.79 Å². The minimum Gasteiger partial charge on any atom is -0.496 e. The van der Waals surface area contributed by atoms with Gasteiger partial charge >= 0.3 is 5.97 Å². The summed E-state index contributed by atoms with van der Waals surface area (Å²) in [6.07, 6.45) is 0.808. The number of fused-ring (bicyclic) bond motifs is 1. The first-order valence-corrected chi connectivity index (χ1v) is 7.82. The highest BCUT2D eigenvalue weighted by atomic mass is 16.5. The Hall–Kier alpha value is -2.82. The second-order valence-corrected chi connectivity index (χ2v) is 5.72. The van der Waals surface area contributed by atoms with Gasteiger partial charge in [0, 0.05) is 11.7 Å². The van der Waals surface area contributed by atoms with Gasteiger partial charge in [-0.3, -0.25) is 4.79 Å². The van der Waals surface area contributed by atoms with Crippen LogP contribution >= 0.6 is 0 Å². The summed E-state index contributed by atoms with van der Waals surface area (Å²) in [7, 11) is 1.49. The summed E-state index contributed by atoms with van der Waals surface area (Å²) >= 11 is 0. The van der Waals surface area contributed by atoms with Crippen molar-refractivity contribution in [2.24, 2.45) is 0 Å². The Labute approximate surface area is 140 Å². The molecular formula is C19H19NO4. The highest BCUT2D eigenvalue weighted by molar-refractivity contribution is 5.99. The topological polar surface area (TPSA) is 55.8 Å². The maximum absolute atomic E-state index is 12.5. The standard InChI is InChI=1S/C19H19NO4/c1-13-11-14-7-3-5-9-16(14)20(13)18(21)12-24-19(22)15-8-4-6-10-17(15)23-2/h3-10,13H,11-12H2,1-2H3/t13-/m0/s1. The van der Waals surface area contributed by atoms with Crippen molar-refractivity contribution < 1.29 is 19.1 Å². The molecule has 5 heteroatoms. The molecule has 0 aromatic heterocycles. The van der Waals surface area contributed by atoms with Crippen LogP contribution in [0.3, 0.4) is 0 Å². The number of carbonyl (C=O) groups is 2. The molecule has 1 aliphatic heterocycles. The van der Waals surface area contributed by atoms with Crippen molar-refractivity contribution in [3.63, 3.8) is 0 Å². The molecule has 1 heterocycles. The number of esters is 1. The van der Waals surface area contributed by atoms with Gasteiger partial charge in [0.2, 0.25) is 0 Å². The van der Waals surface area contributed by atoms with Crippen molar-refractivity contribution in [1.82, 2.24) is 0 Å². The van der Waals surface area contributed by atoms with E-state index < -0.39 is 5.97 Å². The number of carbonyl (C=O) groups excluding carboxylic acids is 2. The lowest BCUT2D eigenvalue weighted by Gasteiger charge is -2.22. The van der Waals surface area contributed by atoms with Crippen molar-refractivity contribution in [3.05, 3.63) is 59.7 Å². The van der Waals surface area contributed by atoms with Crippen LogP contribution in [0.2, 0.25) is 0 Å². The Kier molecular flexibility index (Phi) is 4.51. The average Bonchev–Trinajstić information content (AvgIpc) is 2.95. The van der Waals surface area contributed by atoms with Crippen molar-refractivity contribution in [3.8, 4) is 5.75 Å².